The van der Waals surface area contributed by atoms with E-state index in [1.54, 1.807) is 22.8 Å². The molecule has 1 aliphatic heterocycles. The summed E-state index contributed by atoms with van der Waals surface area (Å²) < 4.78 is 29.2. The van der Waals surface area contributed by atoms with Crippen LogP contribution in [0.5, 0.6) is 0 Å². The minimum absolute atomic E-state index is 0.00864. The van der Waals surface area contributed by atoms with E-state index in [2.05, 4.69) is 4.72 Å². The van der Waals surface area contributed by atoms with Crippen molar-refractivity contribution < 1.29 is 8.42 Å². The zero-order valence-corrected chi connectivity index (χ0v) is 13.7. The summed E-state index contributed by atoms with van der Waals surface area (Å²) in [6, 6.07) is 5.00. The zero-order chi connectivity index (χ0) is 15.9. The minimum atomic E-state index is -3.50. The fourth-order valence-corrected chi connectivity index (χ4v) is 4.26. The monoisotopic (exact) mass is 320 g/mol. The Balaban J connectivity index is 2.28. The maximum absolute atomic E-state index is 12.4. The fraction of sp³-hybridized carbons (Fsp3) is 0.438. The summed E-state index contributed by atoms with van der Waals surface area (Å²) in [6.45, 7) is 4.90. The summed E-state index contributed by atoms with van der Waals surface area (Å²) in [6.07, 6.45) is 2.41. The Morgan fingerprint density at radius 1 is 1.27 bits per heavy atom. The second kappa shape index (κ2) is 5.52. The highest BCUT2D eigenvalue weighted by atomic mass is 32.2. The molecule has 1 N–H and O–H groups in total. The molecule has 2 heterocycles. The normalized spacial score (nSPS) is 14.5. The lowest BCUT2D eigenvalue weighted by Gasteiger charge is -2.21. The van der Waals surface area contributed by atoms with Crippen LogP contribution in [0.4, 0.5) is 0 Å². The second-order valence-electron chi connectivity index (χ2n) is 5.80. The Kier molecular flexibility index (Phi) is 3.82. The van der Waals surface area contributed by atoms with Gasteiger partial charge in [0.25, 0.3) is 5.56 Å². The maximum atomic E-state index is 12.4. The Bertz CT molecular complexity index is 898. The van der Waals surface area contributed by atoms with Crippen molar-refractivity contribution in [3.05, 3.63) is 39.7 Å². The molecule has 0 aliphatic carbocycles. The van der Waals surface area contributed by atoms with Gasteiger partial charge in [0.05, 0.1) is 10.4 Å². The topological polar surface area (TPSA) is 68.2 Å². The molecular formula is C16H20N2O3S. The summed E-state index contributed by atoms with van der Waals surface area (Å²) in [7, 11) is -3.50. The van der Waals surface area contributed by atoms with Gasteiger partial charge in [-0.05, 0) is 49.4 Å². The lowest BCUT2D eigenvalue weighted by atomic mass is 9.99. The van der Waals surface area contributed by atoms with Crippen LogP contribution in [0.15, 0.2) is 27.9 Å². The average Bonchev–Trinajstić information content (AvgIpc) is 2.50. The van der Waals surface area contributed by atoms with Crippen molar-refractivity contribution >= 4 is 20.9 Å². The molecule has 2 aromatic rings. The largest absolute Gasteiger partial charge is 0.308 e. The van der Waals surface area contributed by atoms with Crippen LogP contribution >= 0.6 is 0 Å². The lowest BCUT2D eigenvalue weighted by Crippen LogP contribution is -2.27. The summed E-state index contributed by atoms with van der Waals surface area (Å²) in [5.41, 5.74) is 2.66. The predicted octanol–water partition coefficient (Wildman–Crippen LogP) is 1.94. The van der Waals surface area contributed by atoms with Crippen LogP contribution in [0.25, 0.3) is 10.9 Å². The highest BCUT2D eigenvalue weighted by Gasteiger charge is 2.21. The molecule has 0 spiro atoms. The number of nitrogens with one attached hydrogen (secondary N) is 1. The van der Waals surface area contributed by atoms with Crippen molar-refractivity contribution in [1.29, 1.82) is 0 Å². The summed E-state index contributed by atoms with van der Waals surface area (Å²) in [5, 5.41) is 0.855. The van der Waals surface area contributed by atoms with Gasteiger partial charge in [0.1, 0.15) is 0 Å². The highest BCUT2D eigenvalue weighted by molar-refractivity contribution is 7.89. The first-order chi connectivity index (χ1) is 10.4. The Morgan fingerprint density at radius 3 is 2.77 bits per heavy atom. The van der Waals surface area contributed by atoms with Gasteiger partial charge in [0.15, 0.2) is 0 Å². The maximum Gasteiger partial charge on any atom is 0.251 e. The highest BCUT2D eigenvalue weighted by Crippen LogP contribution is 2.29. The van der Waals surface area contributed by atoms with Crippen LogP contribution in [0.3, 0.4) is 0 Å². The zero-order valence-electron chi connectivity index (χ0n) is 12.8. The van der Waals surface area contributed by atoms with Crippen LogP contribution in [0.1, 0.15) is 30.9 Å². The van der Waals surface area contributed by atoms with E-state index in [-0.39, 0.29) is 5.56 Å². The molecule has 0 saturated heterocycles. The van der Waals surface area contributed by atoms with Crippen LogP contribution < -0.4 is 10.3 Å². The Hall–Kier alpha value is -1.66. The van der Waals surface area contributed by atoms with Gasteiger partial charge in [-0.3, -0.25) is 4.79 Å². The molecule has 0 radical (unpaired) electrons. The molecule has 22 heavy (non-hydrogen) atoms. The van der Waals surface area contributed by atoms with E-state index in [0.29, 0.717) is 18.0 Å². The molecule has 0 bridgehead atoms. The van der Waals surface area contributed by atoms with E-state index in [0.717, 1.165) is 41.3 Å². The van der Waals surface area contributed by atoms with Crippen molar-refractivity contribution in [2.75, 3.05) is 6.54 Å². The van der Waals surface area contributed by atoms with E-state index in [1.807, 2.05) is 13.8 Å². The molecule has 5 nitrogen and oxygen atoms in total. The molecule has 0 fully saturated rings. The third-order valence-electron chi connectivity index (χ3n) is 4.14. The van der Waals surface area contributed by atoms with E-state index in [9.17, 15) is 13.2 Å². The first-order valence-electron chi connectivity index (χ1n) is 7.61. The molecule has 1 aromatic heterocycles. The van der Waals surface area contributed by atoms with Gasteiger partial charge in [-0.25, -0.2) is 13.1 Å². The van der Waals surface area contributed by atoms with Gasteiger partial charge in [-0.1, -0.05) is 6.92 Å². The van der Waals surface area contributed by atoms with E-state index in [1.165, 1.54) is 0 Å². The van der Waals surface area contributed by atoms with Gasteiger partial charge in [-0.2, -0.15) is 0 Å². The molecule has 0 atom stereocenters. The number of aryl methyl sites for hydroxylation is 3. The van der Waals surface area contributed by atoms with E-state index < -0.39 is 10.0 Å². The van der Waals surface area contributed by atoms with Crippen molar-refractivity contribution in [2.45, 2.75) is 44.6 Å². The van der Waals surface area contributed by atoms with Crippen LogP contribution in [-0.2, 0) is 23.0 Å². The van der Waals surface area contributed by atoms with Crippen LogP contribution in [-0.4, -0.2) is 19.5 Å². The van der Waals surface area contributed by atoms with Gasteiger partial charge in [-0.15, -0.1) is 0 Å². The molecule has 1 aliphatic rings. The third kappa shape index (κ3) is 2.46. The average molecular weight is 320 g/mol. The van der Waals surface area contributed by atoms with Gasteiger partial charge in [0.2, 0.25) is 10.0 Å². The van der Waals surface area contributed by atoms with Gasteiger partial charge >= 0.3 is 0 Å². The van der Waals surface area contributed by atoms with Crippen LogP contribution in [0, 0.1) is 6.92 Å². The van der Waals surface area contributed by atoms with Gasteiger partial charge < -0.3 is 4.57 Å². The number of pyridine rings is 1. The molecule has 3 rings (SSSR count). The van der Waals surface area contributed by atoms with Crippen molar-refractivity contribution in [3.8, 4) is 0 Å². The lowest BCUT2D eigenvalue weighted by molar-refractivity contribution is 0.580. The van der Waals surface area contributed by atoms with E-state index >= 15 is 0 Å². The standard InChI is InChI=1S/C16H20N2O3S/c1-3-6-17-22(20,21)13-9-12-5-4-7-18-15(19)8-11(2)14(10-13)16(12)18/h8-10,17H,3-7H2,1-2H3. The number of hydrogen-bond acceptors (Lipinski definition) is 3. The first-order valence-corrected chi connectivity index (χ1v) is 9.09. The molecule has 1 aromatic carbocycles. The Morgan fingerprint density at radius 2 is 2.05 bits per heavy atom. The van der Waals surface area contributed by atoms with Crippen molar-refractivity contribution in [1.82, 2.24) is 9.29 Å². The quantitative estimate of drug-likeness (QED) is 0.936. The van der Waals surface area contributed by atoms with Crippen LogP contribution in [0.2, 0.25) is 0 Å². The summed E-state index contributed by atoms with van der Waals surface area (Å²) in [5.74, 6) is 0. The minimum Gasteiger partial charge on any atom is -0.308 e. The number of benzene rings is 1. The number of sulfonamides is 1. The van der Waals surface area contributed by atoms with Gasteiger partial charge in [0, 0.05) is 24.5 Å². The predicted molar refractivity (Wildman–Crippen MR) is 86.7 cm³/mol. The molecule has 0 amide bonds. The number of nitrogens with zero attached hydrogens (tertiary/aromatic N) is 1. The molecule has 6 heteroatoms. The number of hydrogen-bond donors (Lipinski definition) is 1. The van der Waals surface area contributed by atoms with E-state index in [4.69, 9.17) is 0 Å². The van der Waals surface area contributed by atoms with Crippen molar-refractivity contribution in [2.24, 2.45) is 0 Å². The SMILES string of the molecule is CCCNS(=O)(=O)c1cc2c3c(c1)c(C)cc(=O)n3CCC2. The summed E-state index contributed by atoms with van der Waals surface area (Å²) in [4.78, 5) is 12.4. The third-order valence-corrected chi connectivity index (χ3v) is 5.58. The smallest absolute Gasteiger partial charge is 0.251 e. The molecule has 0 saturated carbocycles. The molecular weight excluding hydrogens is 300 g/mol. The number of aromatic nitrogens is 1. The summed E-state index contributed by atoms with van der Waals surface area (Å²) >= 11 is 0. The first kappa shape index (κ1) is 15.2. The second-order valence-corrected chi connectivity index (χ2v) is 7.56. The number of rotatable bonds is 4. The Labute approximate surface area is 130 Å². The van der Waals surface area contributed by atoms with Crippen molar-refractivity contribution in [3.63, 3.8) is 0 Å². The molecule has 0 unspecified atom stereocenters. The molecule has 118 valence electrons. The fourth-order valence-electron chi connectivity index (χ4n) is 3.05.